The average Bonchev–Trinajstić information content (AvgIpc) is 2.70. The van der Waals surface area contributed by atoms with E-state index < -0.39 is 34.4 Å². The number of carbonyl (C=O) groups excluding carboxylic acids is 2. The van der Waals surface area contributed by atoms with Gasteiger partial charge in [0.05, 0.1) is 11.9 Å². The molecular weight excluding hydrogens is 576 g/mol. The molecule has 0 aliphatic carbocycles. The molecule has 0 aliphatic heterocycles. The van der Waals surface area contributed by atoms with Crippen LogP contribution in [0.15, 0.2) is 42.5 Å². The molecule has 2 rings (SSSR count). The molecule has 0 bridgehead atoms. The van der Waals surface area contributed by atoms with E-state index in [1.165, 1.54) is 11.9 Å². The van der Waals surface area contributed by atoms with Gasteiger partial charge in [-0.2, -0.15) is 0 Å². The summed E-state index contributed by atoms with van der Waals surface area (Å²) in [4.78, 5) is 26.8. The van der Waals surface area contributed by atoms with Crippen LogP contribution in [-0.2, 0) is 26.2 Å². The minimum atomic E-state index is -3.76. The van der Waals surface area contributed by atoms with Gasteiger partial charge in [0.2, 0.25) is 21.8 Å². The fourth-order valence-electron chi connectivity index (χ4n) is 2.85. The van der Waals surface area contributed by atoms with Crippen LogP contribution in [0, 0.1) is 3.57 Å². The summed E-state index contributed by atoms with van der Waals surface area (Å²) in [5.74, 6) is -0.940. The molecule has 1 unspecified atom stereocenters. The molecule has 0 fully saturated rings. The third-order valence-electron chi connectivity index (χ3n) is 4.56. The molecule has 7 nitrogen and oxygen atoms in total. The molecule has 0 radical (unpaired) electrons. The van der Waals surface area contributed by atoms with Crippen molar-refractivity contribution in [1.82, 2.24) is 10.2 Å². The van der Waals surface area contributed by atoms with E-state index in [9.17, 15) is 18.0 Å². The molecule has 0 aliphatic rings. The number of nitrogens with zero attached hydrogens (tertiary/aromatic N) is 2. The fourth-order valence-corrected chi connectivity index (χ4v) is 4.52. The van der Waals surface area contributed by atoms with E-state index >= 15 is 0 Å². The standard InChI is InChI=1S/C20H22Cl2IN3O4S/c1-13(20(28)24-2)25(11-14-4-5-15(21)10-18(14)22)19(27)12-26(31(3,29)30)17-8-6-16(23)7-9-17/h4-10,13H,11-12H2,1-3H3,(H,24,28). The van der Waals surface area contributed by atoms with Crippen LogP contribution >= 0.6 is 45.8 Å². The second-order valence-electron chi connectivity index (χ2n) is 6.79. The van der Waals surface area contributed by atoms with Crippen molar-refractivity contribution in [1.29, 1.82) is 0 Å². The Labute approximate surface area is 205 Å². The molecule has 0 aromatic heterocycles. The maximum atomic E-state index is 13.3. The SMILES string of the molecule is CNC(=O)C(C)N(Cc1ccc(Cl)cc1Cl)C(=O)CN(c1ccc(I)cc1)S(C)(=O)=O. The number of carbonyl (C=O) groups is 2. The average molecular weight is 598 g/mol. The molecular formula is C20H22Cl2IN3O4S. The first kappa shape index (κ1) is 25.7. The summed E-state index contributed by atoms with van der Waals surface area (Å²) in [6.45, 7) is 1.11. The first-order valence-electron chi connectivity index (χ1n) is 9.12. The van der Waals surface area contributed by atoms with Gasteiger partial charge in [0, 0.05) is 27.2 Å². The Hall–Kier alpha value is -1.56. The van der Waals surface area contributed by atoms with Crippen LogP contribution in [0.2, 0.25) is 10.0 Å². The summed E-state index contributed by atoms with van der Waals surface area (Å²) in [7, 11) is -2.29. The second kappa shape index (κ2) is 10.8. The molecule has 0 saturated heterocycles. The molecule has 0 saturated carbocycles. The van der Waals surface area contributed by atoms with Gasteiger partial charge in [0.15, 0.2) is 0 Å². The molecule has 11 heteroatoms. The van der Waals surface area contributed by atoms with Crippen molar-refractivity contribution >= 4 is 73.3 Å². The second-order valence-corrected chi connectivity index (χ2v) is 10.8. The quantitative estimate of drug-likeness (QED) is 0.472. The Morgan fingerprint density at radius 2 is 1.74 bits per heavy atom. The van der Waals surface area contributed by atoms with Crippen molar-refractivity contribution in [2.75, 3.05) is 24.2 Å². The molecule has 168 valence electrons. The molecule has 2 aromatic rings. The van der Waals surface area contributed by atoms with E-state index in [4.69, 9.17) is 23.2 Å². The van der Waals surface area contributed by atoms with E-state index in [-0.39, 0.29) is 6.54 Å². The lowest BCUT2D eigenvalue weighted by molar-refractivity contribution is -0.139. The Kier molecular flexibility index (Phi) is 8.99. The zero-order valence-corrected chi connectivity index (χ0v) is 21.6. The number of anilines is 1. The number of hydrogen-bond donors (Lipinski definition) is 1. The summed E-state index contributed by atoms with van der Waals surface area (Å²) in [5.41, 5.74) is 0.934. The summed E-state index contributed by atoms with van der Waals surface area (Å²) in [6, 6.07) is 10.7. The highest BCUT2D eigenvalue weighted by molar-refractivity contribution is 14.1. The highest BCUT2D eigenvalue weighted by Gasteiger charge is 2.30. The zero-order valence-electron chi connectivity index (χ0n) is 17.1. The summed E-state index contributed by atoms with van der Waals surface area (Å²) in [6.07, 6.45) is 1.03. The minimum Gasteiger partial charge on any atom is -0.357 e. The first-order valence-corrected chi connectivity index (χ1v) is 12.8. The van der Waals surface area contributed by atoms with E-state index in [0.717, 1.165) is 14.1 Å². The molecule has 31 heavy (non-hydrogen) atoms. The largest absolute Gasteiger partial charge is 0.357 e. The van der Waals surface area contributed by atoms with Gasteiger partial charge in [0.1, 0.15) is 12.6 Å². The normalized spacial score (nSPS) is 12.2. The van der Waals surface area contributed by atoms with Crippen LogP contribution in [0.5, 0.6) is 0 Å². The molecule has 0 spiro atoms. The van der Waals surface area contributed by atoms with Crippen molar-refractivity contribution in [2.45, 2.75) is 19.5 Å². The number of amides is 2. The van der Waals surface area contributed by atoms with Crippen molar-refractivity contribution in [3.05, 3.63) is 61.6 Å². The predicted octanol–water partition coefficient (Wildman–Crippen LogP) is 3.53. The molecule has 2 aromatic carbocycles. The number of sulfonamides is 1. The summed E-state index contributed by atoms with van der Waals surface area (Å²) < 4.78 is 26.8. The number of rotatable bonds is 8. The van der Waals surface area contributed by atoms with E-state index in [1.54, 1.807) is 49.4 Å². The van der Waals surface area contributed by atoms with Gasteiger partial charge in [0.25, 0.3) is 0 Å². The maximum Gasteiger partial charge on any atom is 0.244 e. The number of halogens is 3. The Morgan fingerprint density at radius 3 is 2.26 bits per heavy atom. The van der Waals surface area contributed by atoms with Crippen LogP contribution in [0.25, 0.3) is 0 Å². The number of nitrogens with one attached hydrogen (secondary N) is 1. The molecule has 0 heterocycles. The van der Waals surface area contributed by atoms with Crippen LogP contribution in [0.4, 0.5) is 5.69 Å². The van der Waals surface area contributed by atoms with Gasteiger partial charge in [-0.1, -0.05) is 29.3 Å². The monoisotopic (exact) mass is 597 g/mol. The third-order valence-corrected chi connectivity index (χ3v) is 7.01. The lowest BCUT2D eigenvalue weighted by Crippen LogP contribution is -2.50. The molecule has 2 amide bonds. The fraction of sp³-hybridized carbons (Fsp3) is 0.300. The van der Waals surface area contributed by atoms with Gasteiger partial charge < -0.3 is 10.2 Å². The van der Waals surface area contributed by atoms with E-state index in [0.29, 0.717) is 21.3 Å². The van der Waals surface area contributed by atoms with Crippen LogP contribution in [-0.4, -0.2) is 51.0 Å². The third kappa shape index (κ3) is 6.96. The van der Waals surface area contributed by atoms with Crippen LogP contribution in [0.3, 0.4) is 0 Å². The minimum absolute atomic E-state index is 0.00765. The van der Waals surface area contributed by atoms with E-state index in [1.807, 2.05) is 0 Å². The summed E-state index contributed by atoms with van der Waals surface area (Å²) in [5, 5.41) is 3.29. The summed E-state index contributed by atoms with van der Waals surface area (Å²) >= 11 is 14.3. The van der Waals surface area contributed by atoms with Crippen molar-refractivity contribution in [3.8, 4) is 0 Å². The topological polar surface area (TPSA) is 86.8 Å². The predicted molar refractivity (Wildman–Crippen MR) is 132 cm³/mol. The van der Waals surface area contributed by atoms with E-state index in [2.05, 4.69) is 27.9 Å². The number of likely N-dealkylation sites (N-methyl/N-ethyl adjacent to an activating group) is 1. The zero-order chi connectivity index (χ0) is 23.3. The lowest BCUT2D eigenvalue weighted by Gasteiger charge is -2.31. The maximum absolute atomic E-state index is 13.3. The van der Waals surface area contributed by atoms with Gasteiger partial charge >= 0.3 is 0 Å². The van der Waals surface area contributed by atoms with Crippen LogP contribution < -0.4 is 9.62 Å². The van der Waals surface area contributed by atoms with Gasteiger partial charge in [-0.3, -0.25) is 13.9 Å². The molecule has 1 atom stereocenters. The smallest absolute Gasteiger partial charge is 0.244 e. The van der Waals surface area contributed by atoms with Gasteiger partial charge in [-0.05, 0) is 71.5 Å². The number of hydrogen-bond acceptors (Lipinski definition) is 4. The Balaban J connectivity index is 2.40. The highest BCUT2D eigenvalue weighted by Crippen LogP contribution is 2.24. The lowest BCUT2D eigenvalue weighted by atomic mass is 10.1. The first-order chi connectivity index (χ1) is 14.4. The van der Waals surface area contributed by atoms with Gasteiger partial charge in [-0.15, -0.1) is 0 Å². The van der Waals surface area contributed by atoms with Crippen molar-refractivity contribution < 1.29 is 18.0 Å². The number of benzene rings is 2. The van der Waals surface area contributed by atoms with Crippen molar-refractivity contribution in [2.24, 2.45) is 0 Å². The van der Waals surface area contributed by atoms with Gasteiger partial charge in [-0.25, -0.2) is 8.42 Å². The highest BCUT2D eigenvalue weighted by atomic mass is 127. The molecule has 1 N–H and O–H groups in total. The van der Waals surface area contributed by atoms with Crippen LogP contribution in [0.1, 0.15) is 12.5 Å². The Bertz CT molecular complexity index is 1060. The Morgan fingerprint density at radius 1 is 1.13 bits per heavy atom. The van der Waals surface area contributed by atoms with Crippen molar-refractivity contribution in [3.63, 3.8) is 0 Å².